The molecule has 1 aliphatic heterocycles. The molecule has 24 heavy (non-hydrogen) atoms. The Morgan fingerprint density at radius 2 is 2.17 bits per heavy atom. The van der Waals surface area contributed by atoms with Crippen molar-refractivity contribution in [3.05, 3.63) is 52.9 Å². The molecule has 0 radical (unpaired) electrons. The number of rotatable bonds is 2. The molecule has 2 aliphatic rings. The van der Waals surface area contributed by atoms with Crippen LogP contribution < -0.4 is 5.32 Å². The standard InChI is InChI=1S/C18H20FN3O2/c1-10-7-11(5-6-20-10)16(23)21-14-9-15-12(8-13(14)19)18(2,3)17(24)22(15)4/h5-7,9,12H,8H2,1-4H3,(H,21,23). The summed E-state index contributed by atoms with van der Waals surface area (Å²) >= 11 is 0. The first-order chi connectivity index (χ1) is 11.2. The second-order valence-electron chi connectivity index (χ2n) is 6.87. The van der Waals surface area contributed by atoms with Crippen molar-refractivity contribution in [2.75, 3.05) is 7.05 Å². The highest BCUT2D eigenvalue weighted by atomic mass is 19.1. The molecule has 0 spiro atoms. The molecule has 1 saturated heterocycles. The fourth-order valence-corrected chi connectivity index (χ4v) is 3.36. The highest BCUT2D eigenvalue weighted by Crippen LogP contribution is 2.48. The number of pyridine rings is 1. The molecular formula is C18H20FN3O2. The Hall–Kier alpha value is -2.50. The summed E-state index contributed by atoms with van der Waals surface area (Å²) in [7, 11) is 1.69. The summed E-state index contributed by atoms with van der Waals surface area (Å²) in [6.45, 7) is 5.44. The quantitative estimate of drug-likeness (QED) is 0.907. The Kier molecular flexibility index (Phi) is 3.78. The van der Waals surface area contributed by atoms with Gasteiger partial charge < -0.3 is 10.2 Å². The van der Waals surface area contributed by atoms with E-state index in [9.17, 15) is 14.0 Å². The van der Waals surface area contributed by atoms with E-state index in [1.54, 1.807) is 37.1 Å². The first-order valence-corrected chi connectivity index (χ1v) is 7.84. The van der Waals surface area contributed by atoms with Crippen LogP contribution in [0.2, 0.25) is 0 Å². The number of aryl methyl sites for hydroxylation is 1. The molecule has 0 aromatic carbocycles. The second-order valence-corrected chi connectivity index (χ2v) is 6.87. The van der Waals surface area contributed by atoms with E-state index in [0.717, 1.165) is 5.70 Å². The summed E-state index contributed by atoms with van der Waals surface area (Å²) in [4.78, 5) is 30.3. The highest BCUT2D eigenvalue weighted by molar-refractivity contribution is 5.96. The van der Waals surface area contributed by atoms with Gasteiger partial charge in [-0.25, -0.2) is 4.39 Å². The minimum absolute atomic E-state index is 0.0381. The van der Waals surface area contributed by atoms with Crippen LogP contribution in [0.15, 0.2) is 41.6 Å². The van der Waals surface area contributed by atoms with E-state index in [1.807, 2.05) is 13.8 Å². The van der Waals surface area contributed by atoms with E-state index in [0.29, 0.717) is 11.3 Å². The topological polar surface area (TPSA) is 62.3 Å². The predicted octanol–water partition coefficient (Wildman–Crippen LogP) is 2.70. The molecule has 126 valence electrons. The van der Waals surface area contributed by atoms with Crippen LogP contribution in [0.3, 0.4) is 0 Å². The molecule has 1 aromatic heterocycles. The number of hydrogen-bond acceptors (Lipinski definition) is 3. The Morgan fingerprint density at radius 3 is 2.83 bits per heavy atom. The van der Waals surface area contributed by atoms with Crippen molar-refractivity contribution in [3.63, 3.8) is 0 Å². The smallest absolute Gasteiger partial charge is 0.255 e. The van der Waals surface area contributed by atoms with E-state index >= 15 is 0 Å². The summed E-state index contributed by atoms with van der Waals surface area (Å²) in [5, 5.41) is 2.61. The molecule has 0 saturated carbocycles. The van der Waals surface area contributed by atoms with Crippen molar-refractivity contribution in [2.45, 2.75) is 27.2 Å². The van der Waals surface area contributed by atoms with Gasteiger partial charge in [-0.05, 0) is 25.1 Å². The van der Waals surface area contributed by atoms with Crippen molar-refractivity contribution in [2.24, 2.45) is 11.3 Å². The van der Waals surface area contributed by atoms with Crippen molar-refractivity contribution in [1.82, 2.24) is 15.2 Å². The van der Waals surface area contributed by atoms with Crippen molar-refractivity contribution in [1.29, 1.82) is 0 Å². The zero-order valence-corrected chi connectivity index (χ0v) is 14.2. The third kappa shape index (κ3) is 2.52. The molecule has 3 rings (SSSR count). The number of allylic oxidation sites excluding steroid dienone is 3. The highest BCUT2D eigenvalue weighted by Gasteiger charge is 2.50. The average Bonchev–Trinajstić information content (AvgIpc) is 2.69. The molecule has 5 nitrogen and oxygen atoms in total. The predicted molar refractivity (Wildman–Crippen MR) is 87.3 cm³/mol. The molecule has 2 amide bonds. The maximum absolute atomic E-state index is 14.5. The number of nitrogens with zero attached hydrogens (tertiary/aromatic N) is 2. The number of likely N-dealkylation sites (tertiary alicyclic amines) is 1. The molecule has 0 bridgehead atoms. The molecule has 1 atom stereocenters. The van der Waals surface area contributed by atoms with Gasteiger partial charge in [-0.2, -0.15) is 0 Å². The maximum atomic E-state index is 14.5. The summed E-state index contributed by atoms with van der Waals surface area (Å²) < 4.78 is 14.5. The Morgan fingerprint density at radius 1 is 1.46 bits per heavy atom. The molecule has 1 fully saturated rings. The Bertz CT molecular complexity index is 795. The monoisotopic (exact) mass is 329 g/mol. The van der Waals surface area contributed by atoms with Crippen molar-refractivity contribution in [3.8, 4) is 0 Å². The van der Waals surface area contributed by atoms with Gasteiger partial charge in [-0.15, -0.1) is 0 Å². The zero-order chi connectivity index (χ0) is 17.6. The van der Waals surface area contributed by atoms with E-state index in [4.69, 9.17) is 0 Å². The maximum Gasteiger partial charge on any atom is 0.255 e. The minimum Gasteiger partial charge on any atom is -0.320 e. The Labute approximate surface area is 140 Å². The fourth-order valence-electron chi connectivity index (χ4n) is 3.36. The summed E-state index contributed by atoms with van der Waals surface area (Å²) in [5.74, 6) is -1.05. The summed E-state index contributed by atoms with van der Waals surface area (Å²) in [6, 6.07) is 3.22. The van der Waals surface area contributed by atoms with Gasteiger partial charge in [0.05, 0.1) is 11.1 Å². The van der Waals surface area contributed by atoms with Gasteiger partial charge in [0.15, 0.2) is 0 Å². The first-order valence-electron chi connectivity index (χ1n) is 7.84. The van der Waals surface area contributed by atoms with E-state index in [1.165, 1.54) is 6.20 Å². The van der Waals surface area contributed by atoms with Crippen LogP contribution in [0.25, 0.3) is 0 Å². The van der Waals surface area contributed by atoms with Crippen LogP contribution in [0.4, 0.5) is 4.39 Å². The Balaban J connectivity index is 1.88. The molecule has 6 heteroatoms. The van der Waals surface area contributed by atoms with Gasteiger partial charge in [0.2, 0.25) is 5.91 Å². The largest absolute Gasteiger partial charge is 0.320 e. The molecule has 1 aromatic rings. The van der Waals surface area contributed by atoms with Crippen LogP contribution in [0.5, 0.6) is 0 Å². The number of halogens is 1. The lowest BCUT2D eigenvalue weighted by Gasteiger charge is -2.26. The average molecular weight is 329 g/mol. The SMILES string of the molecule is Cc1cc(C(=O)NC2=C(F)CC3C(=C2)N(C)C(=O)C3(C)C)ccn1. The van der Waals surface area contributed by atoms with Crippen LogP contribution in [0.1, 0.15) is 36.3 Å². The molecule has 1 unspecified atom stereocenters. The lowest BCUT2D eigenvalue weighted by atomic mass is 9.76. The number of hydrogen-bond donors (Lipinski definition) is 1. The normalized spacial score (nSPS) is 22.4. The summed E-state index contributed by atoms with van der Waals surface area (Å²) in [5.41, 5.74) is 1.35. The molecule has 2 heterocycles. The van der Waals surface area contributed by atoms with Gasteiger partial charge in [0.25, 0.3) is 5.91 Å². The lowest BCUT2D eigenvalue weighted by molar-refractivity contribution is -0.133. The van der Waals surface area contributed by atoms with E-state index in [2.05, 4.69) is 10.3 Å². The van der Waals surface area contributed by atoms with Gasteiger partial charge in [0, 0.05) is 42.5 Å². The number of amides is 2. The lowest BCUT2D eigenvalue weighted by Crippen LogP contribution is -2.30. The van der Waals surface area contributed by atoms with Crippen LogP contribution in [-0.2, 0) is 4.79 Å². The summed E-state index contributed by atoms with van der Waals surface area (Å²) in [6.07, 6.45) is 3.22. The minimum atomic E-state index is -0.643. The number of fused-ring (bicyclic) bond motifs is 1. The third-order valence-electron chi connectivity index (χ3n) is 4.85. The van der Waals surface area contributed by atoms with Crippen LogP contribution >= 0.6 is 0 Å². The fraction of sp³-hybridized carbons (Fsp3) is 0.389. The van der Waals surface area contributed by atoms with Gasteiger partial charge in [-0.1, -0.05) is 13.8 Å². The van der Waals surface area contributed by atoms with Crippen molar-refractivity contribution >= 4 is 11.8 Å². The molecule has 1 aliphatic carbocycles. The van der Waals surface area contributed by atoms with Crippen LogP contribution in [0, 0.1) is 18.3 Å². The van der Waals surface area contributed by atoms with Crippen LogP contribution in [-0.4, -0.2) is 28.7 Å². The van der Waals surface area contributed by atoms with E-state index in [-0.39, 0.29) is 23.9 Å². The number of carbonyl (C=O) groups excluding carboxylic acids is 2. The number of aromatic nitrogens is 1. The zero-order valence-electron chi connectivity index (χ0n) is 14.2. The first kappa shape index (κ1) is 16.4. The molecule has 1 N–H and O–H groups in total. The van der Waals surface area contributed by atoms with Gasteiger partial charge in [-0.3, -0.25) is 14.6 Å². The van der Waals surface area contributed by atoms with Gasteiger partial charge >= 0.3 is 0 Å². The second kappa shape index (κ2) is 5.54. The third-order valence-corrected chi connectivity index (χ3v) is 4.85. The van der Waals surface area contributed by atoms with E-state index < -0.39 is 17.1 Å². The number of carbonyl (C=O) groups is 2. The van der Waals surface area contributed by atoms with Crippen molar-refractivity contribution < 1.29 is 14.0 Å². The molecular weight excluding hydrogens is 309 g/mol. The number of nitrogens with one attached hydrogen (secondary N) is 1. The van der Waals surface area contributed by atoms with Gasteiger partial charge in [0.1, 0.15) is 5.83 Å².